The number of ether oxygens (including phenoxy) is 2. The minimum Gasteiger partial charge on any atom is -0.497 e. The first-order chi connectivity index (χ1) is 7.88. The molecule has 3 heteroatoms. The van der Waals surface area contributed by atoms with Crippen molar-refractivity contribution in [2.45, 2.75) is 25.6 Å². The molecule has 2 rings (SSSR count). The maximum atomic E-state index is 5.85. The van der Waals surface area contributed by atoms with Gasteiger partial charge < -0.3 is 14.8 Å². The van der Waals surface area contributed by atoms with Crippen LogP contribution in [0, 0.1) is 0 Å². The highest BCUT2D eigenvalue weighted by molar-refractivity contribution is 5.27. The monoisotopic (exact) mass is 221 g/mol. The first kappa shape index (κ1) is 11.4. The van der Waals surface area contributed by atoms with E-state index in [1.165, 1.54) is 12.0 Å². The van der Waals surface area contributed by atoms with Crippen molar-refractivity contribution in [1.29, 1.82) is 0 Å². The summed E-state index contributed by atoms with van der Waals surface area (Å²) in [6.07, 6.45) is 2.74. The molecule has 0 spiro atoms. The van der Waals surface area contributed by atoms with Gasteiger partial charge in [0.2, 0.25) is 0 Å². The zero-order chi connectivity index (χ0) is 11.2. The van der Waals surface area contributed by atoms with Crippen molar-refractivity contribution < 1.29 is 9.47 Å². The highest BCUT2D eigenvalue weighted by atomic mass is 16.5. The van der Waals surface area contributed by atoms with E-state index in [-0.39, 0.29) is 0 Å². The van der Waals surface area contributed by atoms with Crippen LogP contribution in [0.15, 0.2) is 24.3 Å². The Morgan fingerprint density at radius 2 is 2.38 bits per heavy atom. The van der Waals surface area contributed by atoms with Crippen LogP contribution in [-0.4, -0.2) is 26.3 Å². The number of rotatable bonds is 4. The Bertz CT molecular complexity index is 321. The summed E-state index contributed by atoms with van der Waals surface area (Å²) in [5.41, 5.74) is 1.17. The Kier molecular flexibility index (Phi) is 4.19. The summed E-state index contributed by atoms with van der Waals surface area (Å²) in [6.45, 7) is 2.77. The van der Waals surface area contributed by atoms with Gasteiger partial charge in [-0.15, -0.1) is 0 Å². The van der Waals surface area contributed by atoms with Gasteiger partial charge in [-0.1, -0.05) is 12.1 Å². The molecule has 1 N–H and O–H groups in total. The Hall–Kier alpha value is -1.06. The zero-order valence-corrected chi connectivity index (χ0v) is 9.74. The molecule has 1 fully saturated rings. The van der Waals surface area contributed by atoms with Gasteiger partial charge >= 0.3 is 0 Å². The topological polar surface area (TPSA) is 30.5 Å². The molecule has 0 aromatic heterocycles. The fourth-order valence-corrected chi connectivity index (χ4v) is 1.94. The molecule has 0 amide bonds. The van der Waals surface area contributed by atoms with Crippen LogP contribution >= 0.6 is 0 Å². The quantitative estimate of drug-likeness (QED) is 0.843. The fraction of sp³-hybridized carbons (Fsp3) is 0.538. The normalized spacial score (nSPS) is 20.7. The van der Waals surface area contributed by atoms with Crippen LogP contribution in [0.2, 0.25) is 0 Å². The standard InChI is InChI=1S/C13H19NO2/c1-15-12-5-2-4-11(8-12)10-16-13-6-3-7-14-9-13/h2,4-5,8,13-14H,3,6-7,9-10H2,1H3/t13-/m1/s1. The van der Waals surface area contributed by atoms with E-state index in [1.54, 1.807) is 7.11 Å². The lowest BCUT2D eigenvalue weighted by Crippen LogP contribution is -2.35. The van der Waals surface area contributed by atoms with E-state index >= 15 is 0 Å². The summed E-state index contributed by atoms with van der Waals surface area (Å²) in [5.74, 6) is 0.892. The molecular formula is C13H19NO2. The van der Waals surface area contributed by atoms with Crippen LogP contribution in [-0.2, 0) is 11.3 Å². The fourth-order valence-electron chi connectivity index (χ4n) is 1.94. The molecular weight excluding hydrogens is 202 g/mol. The molecule has 1 aliphatic heterocycles. The summed E-state index contributed by atoms with van der Waals surface area (Å²) in [5, 5.41) is 3.34. The van der Waals surface area contributed by atoms with E-state index in [0.29, 0.717) is 12.7 Å². The molecule has 1 heterocycles. The van der Waals surface area contributed by atoms with Crippen molar-refractivity contribution in [2.24, 2.45) is 0 Å². The Labute approximate surface area is 96.8 Å². The van der Waals surface area contributed by atoms with Crippen molar-refractivity contribution >= 4 is 0 Å². The molecule has 1 saturated heterocycles. The number of benzene rings is 1. The third-order valence-electron chi connectivity index (χ3n) is 2.87. The zero-order valence-electron chi connectivity index (χ0n) is 9.74. The summed E-state index contributed by atoms with van der Waals surface area (Å²) in [6, 6.07) is 8.04. The van der Waals surface area contributed by atoms with Crippen LogP contribution in [0.5, 0.6) is 5.75 Å². The maximum absolute atomic E-state index is 5.85. The molecule has 0 unspecified atom stereocenters. The highest BCUT2D eigenvalue weighted by Gasteiger charge is 2.12. The highest BCUT2D eigenvalue weighted by Crippen LogP contribution is 2.15. The smallest absolute Gasteiger partial charge is 0.119 e. The van der Waals surface area contributed by atoms with Gasteiger partial charge in [0.15, 0.2) is 0 Å². The molecule has 0 saturated carbocycles. The van der Waals surface area contributed by atoms with Crippen molar-refractivity contribution in [3.63, 3.8) is 0 Å². The third kappa shape index (κ3) is 3.22. The minimum atomic E-state index is 0.361. The molecule has 1 atom stereocenters. The van der Waals surface area contributed by atoms with E-state index < -0.39 is 0 Å². The average Bonchev–Trinajstić information content (AvgIpc) is 2.38. The summed E-state index contributed by atoms with van der Waals surface area (Å²) in [4.78, 5) is 0. The SMILES string of the molecule is COc1cccc(CO[C@@H]2CCCNC2)c1. The van der Waals surface area contributed by atoms with E-state index in [1.807, 2.05) is 18.2 Å². The van der Waals surface area contributed by atoms with Crippen molar-refractivity contribution in [3.8, 4) is 5.75 Å². The Balaban J connectivity index is 1.83. The molecule has 88 valence electrons. The van der Waals surface area contributed by atoms with Gasteiger partial charge in [-0.3, -0.25) is 0 Å². The van der Waals surface area contributed by atoms with Gasteiger partial charge in [-0.2, -0.15) is 0 Å². The van der Waals surface area contributed by atoms with Crippen LogP contribution in [0.4, 0.5) is 0 Å². The molecule has 0 radical (unpaired) electrons. The summed E-state index contributed by atoms with van der Waals surface area (Å²) < 4.78 is 11.0. The van der Waals surface area contributed by atoms with E-state index in [2.05, 4.69) is 11.4 Å². The van der Waals surface area contributed by atoms with E-state index in [4.69, 9.17) is 9.47 Å². The Morgan fingerprint density at radius 3 is 3.12 bits per heavy atom. The second-order valence-corrected chi connectivity index (χ2v) is 4.13. The van der Waals surface area contributed by atoms with Crippen LogP contribution in [0.25, 0.3) is 0 Å². The predicted octanol–water partition coefficient (Wildman–Crippen LogP) is 1.96. The molecule has 3 nitrogen and oxygen atoms in total. The first-order valence-corrected chi connectivity index (χ1v) is 5.84. The molecule has 16 heavy (non-hydrogen) atoms. The van der Waals surface area contributed by atoms with Gasteiger partial charge in [-0.05, 0) is 37.1 Å². The Morgan fingerprint density at radius 1 is 1.44 bits per heavy atom. The van der Waals surface area contributed by atoms with Crippen molar-refractivity contribution in [1.82, 2.24) is 5.32 Å². The molecule has 1 aromatic carbocycles. The molecule has 0 bridgehead atoms. The summed E-state index contributed by atoms with van der Waals surface area (Å²) >= 11 is 0. The lowest BCUT2D eigenvalue weighted by Gasteiger charge is -2.23. The van der Waals surface area contributed by atoms with Crippen molar-refractivity contribution in [3.05, 3.63) is 29.8 Å². The van der Waals surface area contributed by atoms with E-state index in [0.717, 1.165) is 25.3 Å². The number of piperidine rings is 1. The van der Waals surface area contributed by atoms with Gasteiger partial charge in [0.05, 0.1) is 19.8 Å². The predicted molar refractivity (Wildman–Crippen MR) is 63.7 cm³/mol. The summed E-state index contributed by atoms with van der Waals surface area (Å²) in [7, 11) is 1.69. The molecule has 1 aromatic rings. The average molecular weight is 221 g/mol. The first-order valence-electron chi connectivity index (χ1n) is 5.84. The second-order valence-electron chi connectivity index (χ2n) is 4.13. The van der Waals surface area contributed by atoms with Gasteiger partial charge in [0.25, 0.3) is 0 Å². The van der Waals surface area contributed by atoms with E-state index in [9.17, 15) is 0 Å². The van der Waals surface area contributed by atoms with Crippen molar-refractivity contribution in [2.75, 3.05) is 20.2 Å². The number of hydrogen-bond donors (Lipinski definition) is 1. The lowest BCUT2D eigenvalue weighted by atomic mass is 10.1. The maximum Gasteiger partial charge on any atom is 0.119 e. The number of methoxy groups -OCH3 is 1. The minimum absolute atomic E-state index is 0.361. The number of hydrogen-bond acceptors (Lipinski definition) is 3. The molecule has 1 aliphatic rings. The van der Waals surface area contributed by atoms with Gasteiger partial charge in [0.1, 0.15) is 5.75 Å². The second kappa shape index (κ2) is 5.87. The van der Waals surface area contributed by atoms with Gasteiger partial charge in [-0.25, -0.2) is 0 Å². The molecule has 0 aliphatic carbocycles. The third-order valence-corrected chi connectivity index (χ3v) is 2.87. The van der Waals surface area contributed by atoms with Crippen LogP contribution in [0.1, 0.15) is 18.4 Å². The number of nitrogens with one attached hydrogen (secondary N) is 1. The van der Waals surface area contributed by atoms with Crippen LogP contribution in [0.3, 0.4) is 0 Å². The lowest BCUT2D eigenvalue weighted by molar-refractivity contribution is 0.0252. The largest absolute Gasteiger partial charge is 0.497 e. The van der Waals surface area contributed by atoms with Crippen LogP contribution < -0.4 is 10.1 Å². The van der Waals surface area contributed by atoms with Gasteiger partial charge in [0, 0.05) is 6.54 Å².